The van der Waals surface area contributed by atoms with E-state index in [1.165, 1.54) is 23.8 Å². The Morgan fingerprint density at radius 1 is 1.42 bits per heavy atom. The molecule has 5 atom stereocenters. The predicted octanol–water partition coefficient (Wildman–Crippen LogP) is 2.17. The van der Waals surface area contributed by atoms with Crippen LogP contribution < -0.4 is 15.8 Å². The summed E-state index contributed by atoms with van der Waals surface area (Å²) in [5.74, 6) is 1.94. The minimum atomic E-state index is -0.493. The van der Waals surface area contributed by atoms with E-state index in [-0.39, 0.29) is 29.7 Å². The van der Waals surface area contributed by atoms with Crippen molar-refractivity contribution in [3.8, 4) is 5.75 Å². The second-order valence-electron chi connectivity index (χ2n) is 9.43. The Labute approximate surface area is 191 Å². The van der Waals surface area contributed by atoms with Crippen LogP contribution in [0.5, 0.6) is 5.75 Å². The molecule has 3 N–H and O–H groups in total. The molecule has 5 rings (SSSR count). The molecule has 1 aliphatic heterocycles. The quantitative estimate of drug-likeness (QED) is 0.562. The number of ether oxygens (including phenoxy) is 1. The Balaban J connectivity index is 1.24. The van der Waals surface area contributed by atoms with Gasteiger partial charge in [-0.25, -0.2) is 14.4 Å². The first-order valence-corrected chi connectivity index (χ1v) is 11.5. The third-order valence-corrected chi connectivity index (χ3v) is 7.41. The molecule has 2 fully saturated rings. The zero-order valence-electron chi connectivity index (χ0n) is 19.4. The number of aromatic nitrogens is 4. The number of nitrogens with zero attached hydrogens (tertiary/aromatic N) is 5. The number of methoxy groups -OCH3 is 1. The van der Waals surface area contributed by atoms with Crippen molar-refractivity contribution < 1.29 is 13.9 Å². The van der Waals surface area contributed by atoms with Gasteiger partial charge in [-0.05, 0) is 44.1 Å². The fourth-order valence-corrected chi connectivity index (χ4v) is 5.08. The molecule has 1 saturated heterocycles. The molecule has 0 bridgehead atoms. The second-order valence-corrected chi connectivity index (χ2v) is 9.43. The molecular weight excluding hydrogens is 425 g/mol. The number of piperidine rings is 1. The number of nitrogens with one attached hydrogen (secondary N) is 1. The molecule has 0 unspecified atom stereocenters. The van der Waals surface area contributed by atoms with Crippen LogP contribution >= 0.6 is 0 Å². The van der Waals surface area contributed by atoms with E-state index in [0.717, 1.165) is 19.3 Å². The van der Waals surface area contributed by atoms with E-state index >= 15 is 0 Å². The van der Waals surface area contributed by atoms with Crippen molar-refractivity contribution in [3.63, 3.8) is 0 Å². The van der Waals surface area contributed by atoms with Crippen molar-refractivity contribution in [2.24, 2.45) is 11.8 Å². The highest BCUT2D eigenvalue weighted by atomic mass is 19.1. The van der Waals surface area contributed by atoms with E-state index in [4.69, 9.17) is 10.5 Å². The van der Waals surface area contributed by atoms with Gasteiger partial charge in [0.25, 0.3) is 0 Å². The Kier molecular flexibility index (Phi) is 5.35. The molecule has 2 aromatic heterocycles. The summed E-state index contributed by atoms with van der Waals surface area (Å²) in [6.07, 6.45) is 3.21. The van der Waals surface area contributed by atoms with Gasteiger partial charge in [-0.15, -0.1) is 5.10 Å². The van der Waals surface area contributed by atoms with Gasteiger partial charge in [0.05, 0.1) is 18.7 Å². The van der Waals surface area contributed by atoms with Crippen molar-refractivity contribution in [1.82, 2.24) is 29.8 Å². The minimum absolute atomic E-state index is 0.0495. The fourth-order valence-electron chi connectivity index (χ4n) is 5.08. The standard InChI is InChI=1S/C23H30FN7O2/c1-11(30(3)22(32)17-9-13-12(2)20(13)26-17)6-5-7-19-28-21-14-8-15(24)18(33-4)10-16(14)27-23(25)31(21)29-19/h8,10-13,17,20,26H,5-7,9H2,1-4H3,(H2,25,27)/t11-,12+,13-,17-,20+/m0/s1. The number of carbonyl (C=O) groups excluding carboxylic acids is 1. The van der Waals surface area contributed by atoms with Gasteiger partial charge < -0.3 is 20.7 Å². The predicted molar refractivity (Wildman–Crippen MR) is 122 cm³/mol. The first kappa shape index (κ1) is 21.8. The number of benzene rings is 1. The van der Waals surface area contributed by atoms with E-state index < -0.39 is 5.82 Å². The molecule has 10 heteroatoms. The molecule has 1 saturated carbocycles. The number of amides is 1. The van der Waals surface area contributed by atoms with Crippen LogP contribution in [-0.4, -0.2) is 62.7 Å². The largest absolute Gasteiger partial charge is 0.494 e. The monoisotopic (exact) mass is 455 g/mol. The summed E-state index contributed by atoms with van der Waals surface area (Å²) < 4.78 is 20.7. The molecule has 0 spiro atoms. The number of fused-ring (bicyclic) bond motifs is 4. The molecule has 3 heterocycles. The van der Waals surface area contributed by atoms with Crippen LogP contribution in [0.15, 0.2) is 12.1 Å². The highest BCUT2D eigenvalue weighted by Crippen LogP contribution is 2.47. The SMILES string of the molecule is COc1cc2nc(N)n3nc(CCC[C@H](C)N(C)C(=O)[C@@H]4C[C@H]5[C@@H](C)[C@H]5N4)nc3c2cc1F. The molecule has 0 radical (unpaired) electrons. The van der Waals surface area contributed by atoms with Crippen LogP contribution in [0.3, 0.4) is 0 Å². The van der Waals surface area contributed by atoms with Gasteiger partial charge in [0.2, 0.25) is 11.9 Å². The normalized spacial score (nSPS) is 24.8. The Morgan fingerprint density at radius 2 is 2.21 bits per heavy atom. The highest BCUT2D eigenvalue weighted by molar-refractivity contribution is 5.93. The lowest BCUT2D eigenvalue weighted by molar-refractivity contribution is -0.134. The molecule has 9 nitrogen and oxygen atoms in total. The smallest absolute Gasteiger partial charge is 0.239 e. The van der Waals surface area contributed by atoms with Gasteiger partial charge in [-0.1, -0.05) is 6.92 Å². The summed E-state index contributed by atoms with van der Waals surface area (Å²) in [5, 5.41) is 8.47. The average molecular weight is 456 g/mol. The minimum Gasteiger partial charge on any atom is -0.494 e. The lowest BCUT2D eigenvalue weighted by atomic mass is 10.1. The Bertz CT molecular complexity index is 1220. The van der Waals surface area contributed by atoms with Gasteiger partial charge in [0, 0.05) is 37.0 Å². The number of nitrogen functional groups attached to an aromatic ring is 1. The lowest BCUT2D eigenvalue weighted by Crippen LogP contribution is -2.47. The number of halogens is 1. The summed E-state index contributed by atoms with van der Waals surface area (Å²) in [4.78, 5) is 23.6. The number of nitrogens with two attached hydrogens (primary N) is 1. The van der Waals surface area contributed by atoms with E-state index in [9.17, 15) is 9.18 Å². The van der Waals surface area contributed by atoms with Crippen LogP contribution in [0.25, 0.3) is 16.6 Å². The van der Waals surface area contributed by atoms with Crippen LogP contribution in [0.2, 0.25) is 0 Å². The number of aryl methyl sites for hydroxylation is 1. The number of hydrogen-bond donors (Lipinski definition) is 2. The molecular formula is C23H30FN7O2. The van der Waals surface area contributed by atoms with Gasteiger partial charge in [-0.3, -0.25) is 4.79 Å². The molecule has 176 valence electrons. The summed E-state index contributed by atoms with van der Waals surface area (Å²) in [6, 6.07) is 3.44. The Hall–Kier alpha value is -3.01. The van der Waals surface area contributed by atoms with Crippen LogP contribution in [0.4, 0.5) is 10.3 Å². The zero-order valence-corrected chi connectivity index (χ0v) is 19.4. The number of rotatable bonds is 7. The van der Waals surface area contributed by atoms with Crippen molar-refractivity contribution >= 4 is 28.4 Å². The van der Waals surface area contributed by atoms with E-state index in [1.54, 1.807) is 0 Å². The van der Waals surface area contributed by atoms with Crippen molar-refractivity contribution in [3.05, 3.63) is 23.8 Å². The van der Waals surface area contributed by atoms with Crippen molar-refractivity contribution in [2.75, 3.05) is 19.9 Å². The van der Waals surface area contributed by atoms with Gasteiger partial charge in [0.1, 0.15) is 0 Å². The van der Waals surface area contributed by atoms with Gasteiger partial charge in [-0.2, -0.15) is 4.52 Å². The second kappa shape index (κ2) is 8.09. The third kappa shape index (κ3) is 3.76. The summed E-state index contributed by atoms with van der Waals surface area (Å²) in [6.45, 7) is 4.31. The third-order valence-electron chi connectivity index (χ3n) is 7.41. The zero-order chi connectivity index (χ0) is 23.4. The van der Waals surface area contributed by atoms with Gasteiger partial charge >= 0.3 is 0 Å². The lowest BCUT2D eigenvalue weighted by Gasteiger charge is -2.28. The number of anilines is 1. The van der Waals surface area contributed by atoms with E-state index in [1.807, 2.05) is 11.9 Å². The Morgan fingerprint density at radius 3 is 2.91 bits per heavy atom. The molecule has 1 aromatic carbocycles. The topological polar surface area (TPSA) is 111 Å². The molecule has 1 amide bonds. The van der Waals surface area contributed by atoms with E-state index in [0.29, 0.717) is 46.7 Å². The maximum absolute atomic E-state index is 14.3. The number of likely N-dealkylation sites (N-methyl/N-ethyl adjacent to an activating group) is 1. The van der Waals surface area contributed by atoms with Crippen LogP contribution in [-0.2, 0) is 11.2 Å². The van der Waals surface area contributed by atoms with E-state index in [2.05, 4.69) is 34.2 Å². The maximum atomic E-state index is 14.3. The first-order chi connectivity index (χ1) is 15.8. The molecule has 33 heavy (non-hydrogen) atoms. The summed E-state index contributed by atoms with van der Waals surface area (Å²) >= 11 is 0. The number of hydrogen-bond acceptors (Lipinski definition) is 7. The van der Waals surface area contributed by atoms with Crippen LogP contribution in [0.1, 0.15) is 38.9 Å². The average Bonchev–Trinajstić information content (AvgIpc) is 3.19. The maximum Gasteiger partial charge on any atom is 0.239 e. The molecule has 2 aliphatic rings. The summed E-state index contributed by atoms with van der Waals surface area (Å²) in [5.41, 5.74) is 7.03. The van der Waals surface area contributed by atoms with Crippen molar-refractivity contribution in [2.45, 2.75) is 57.7 Å². The molecule has 1 aliphatic carbocycles. The first-order valence-electron chi connectivity index (χ1n) is 11.5. The van der Waals surface area contributed by atoms with Gasteiger partial charge in [0.15, 0.2) is 23.0 Å². The summed E-state index contributed by atoms with van der Waals surface area (Å²) in [7, 11) is 3.28. The highest BCUT2D eigenvalue weighted by Gasteiger charge is 2.55. The number of carbonyl (C=O) groups is 1. The molecule has 3 aromatic rings. The van der Waals surface area contributed by atoms with Crippen LogP contribution in [0, 0.1) is 17.7 Å². The van der Waals surface area contributed by atoms with Crippen molar-refractivity contribution in [1.29, 1.82) is 0 Å². The fraction of sp³-hybridized carbons (Fsp3) is 0.565.